The molecule has 1 heterocycles. The molecule has 1 aromatic rings. The average Bonchev–Trinajstić information content (AvgIpc) is 2.42. The topological polar surface area (TPSA) is 49.4 Å². The number of nitrogens with zero attached hydrogens (tertiary/aromatic N) is 1. The summed E-state index contributed by atoms with van der Waals surface area (Å²) in [5.74, 6) is 0.546. The minimum Gasteiger partial charge on any atom is -0.319 e. The Kier molecular flexibility index (Phi) is 5.48. The molecule has 0 aromatic heterocycles. The van der Waals surface area contributed by atoms with Gasteiger partial charge in [-0.05, 0) is 60.4 Å². The van der Waals surface area contributed by atoms with Crippen LogP contribution < -0.4 is 5.32 Å². The third-order valence-corrected chi connectivity index (χ3v) is 6.95. The fourth-order valence-corrected chi connectivity index (χ4v) is 4.94. The summed E-state index contributed by atoms with van der Waals surface area (Å²) in [4.78, 5) is 0.181. The van der Waals surface area contributed by atoms with Crippen LogP contribution in [0.4, 0.5) is 0 Å². The summed E-state index contributed by atoms with van der Waals surface area (Å²) in [5, 5.41) is 3.40. The van der Waals surface area contributed by atoms with E-state index in [0.29, 0.717) is 23.5 Å². The maximum Gasteiger partial charge on any atom is 0.244 e. The number of sulfonamides is 1. The average molecular weight is 382 g/mol. The van der Waals surface area contributed by atoms with Gasteiger partial charge in [0.1, 0.15) is 4.90 Å². The molecule has 2 rings (SSSR count). The highest BCUT2D eigenvalue weighted by Crippen LogP contribution is 2.32. The standard InChI is InChI=1S/C13H18BrClN2O2S/c1-16-9-10-5-7-17(8-6-10)20(18,19)12-4-2-3-11(14)13(12)15/h2-4,10,16H,5-9H2,1H3. The molecule has 0 aliphatic carbocycles. The van der Waals surface area contributed by atoms with Crippen LogP contribution in [-0.2, 0) is 10.0 Å². The first-order valence-corrected chi connectivity index (χ1v) is 9.16. The maximum absolute atomic E-state index is 12.6. The highest BCUT2D eigenvalue weighted by molar-refractivity contribution is 9.10. The molecule has 20 heavy (non-hydrogen) atoms. The van der Waals surface area contributed by atoms with Crippen molar-refractivity contribution in [2.75, 3.05) is 26.7 Å². The van der Waals surface area contributed by atoms with Crippen LogP contribution in [0.3, 0.4) is 0 Å². The fourth-order valence-electron chi connectivity index (χ4n) is 2.46. The summed E-state index contributed by atoms with van der Waals surface area (Å²) >= 11 is 9.38. The van der Waals surface area contributed by atoms with E-state index >= 15 is 0 Å². The molecule has 4 nitrogen and oxygen atoms in total. The number of benzene rings is 1. The number of rotatable bonds is 4. The van der Waals surface area contributed by atoms with Gasteiger partial charge < -0.3 is 5.32 Å². The van der Waals surface area contributed by atoms with Crippen LogP contribution in [0.5, 0.6) is 0 Å². The third-order valence-electron chi connectivity index (χ3n) is 3.60. The van der Waals surface area contributed by atoms with Crippen LogP contribution in [0.15, 0.2) is 27.6 Å². The number of hydrogen-bond acceptors (Lipinski definition) is 3. The Morgan fingerprint density at radius 3 is 2.65 bits per heavy atom. The molecular weight excluding hydrogens is 364 g/mol. The smallest absolute Gasteiger partial charge is 0.244 e. The van der Waals surface area contributed by atoms with E-state index in [-0.39, 0.29) is 9.92 Å². The van der Waals surface area contributed by atoms with E-state index in [1.54, 1.807) is 18.2 Å². The van der Waals surface area contributed by atoms with Crippen LogP contribution in [0.1, 0.15) is 12.8 Å². The lowest BCUT2D eigenvalue weighted by Gasteiger charge is -2.31. The van der Waals surface area contributed by atoms with Gasteiger partial charge in [0.2, 0.25) is 10.0 Å². The van der Waals surface area contributed by atoms with Gasteiger partial charge in [0.05, 0.1) is 5.02 Å². The van der Waals surface area contributed by atoms with Crippen molar-refractivity contribution in [3.05, 3.63) is 27.7 Å². The molecule has 0 spiro atoms. The van der Waals surface area contributed by atoms with Crippen molar-refractivity contribution >= 4 is 37.6 Å². The second-order valence-corrected chi connectivity index (χ2v) is 8.10. The van der Waals surface area contributed by atoms with Crippen LogP contribution >= 0.6 is 27.5 Å². The predicted octanol–water partition coefficient (Wildman–Crippen LogP) is 2.72. The first-order chi connectivity index (χ1) is 9.46. The Hall–Kier alpha value is -0.140. The zero-order valence-corrected chi connectivity index (χ0v) is 14.4. The number of hydrogen-bond donors (Lipinski definition) is 1. The number of nitrogens with one attached hydrogen (secondary N) is 1. The lowest BCUT2D eigenvalue weighted by Crippen LogP contribution is -2.40. The molecule has 0 saturated carbocycles. The van der Waals surface area contributed by atoms with Gasteiger partial charge in [-0.2, -0.15) is 4.31 Å². The van der Waals surface area contributed by atoms with E-state index < -0.39 is 10.0 Å². The van der Waals surface area contributed by atoms with E-state index in [4.69, 9.17) is 11.6 Å². The van der Waals surface area contributed by atoms with Crippen molar-refractivity contribution in [1.29, 1.82) is 0 Å². The number of piperidine rings is 1. The van der Waals surface area contributed by atoms with Crippen molar-refractivity contribution in [3.8, 4) is 0 Å². The van der Waals surface area contributed by atoms with Gasteiger partial charge in [-0.1, -0.05) is 17.7 Å². The van der Waals surface area contributed by atoms with Gasteiger partial charge in [0.15, 0.2) is 0 Å². The van der Waals surface area contributed by atoms with Crippen molar-refractivity contribution in [3.63, 3.8) is 0 Å². The zero-order chi connectivity index (χ0) is 14.8. The van der Waals surface area contributed by atoms with Crippen LogP contribution in [0.25, 0.3) is 0 Å². The molecule has 0 atom stereocenters. The van der Waals surface area contributed by atoms with Gasteiger partial charge in [0.25, 0.3) is 0 Å². The van der Waals surface area contributed by atoms with Crippen molar-refractivity contribution in [1.82, 2.24) is 9.62 Å². The molecule has 112 valence electrons. The zero-order valence-electron chi connectivity index (χ0n) is 11.3. The minimum atomic E-state index is -3.50. The van der Waals surface area contributed by atoms with Crippen molar-refractivity contribution in [2.24, 2.45) is 5.92 Å². The second-order valence-electron chi connectivity index (χ2n) is 4.96. The highest BCUT2D eigenvalue weighted by atomic mass is 79.9. The SMILES string of the molecule is CNCC1CCN(S(=O)(=O)c2cccc(Br)c2Cl)CC1. The van der Waals surface area contributed by atoms with Gasteiger partial charge >= 0.3 is 0 Å². The Balaban J connectivity index is 2.18. The van der Waals surface area contributed by atoms with Crippen molar-refractivity contribution < 1.29 is 8.42 Å². The molecule has 1 fully saturated rings. The monoisotopic (exact) mass is 380 g/mol. The lowest BCUT2D eigenvalue weighted by atomic mass is 9.98. The largest absolute Gasteiger partial charge is 0.319 e. The molecule has 0 unspecified atom stereocenters. The summed E-state index contributed by atoms with van der Waals surface area (Å²) < 4.78 is 27.4. The van der Waals surface area contributed by atoms with Crippen LogP contribution in [-0.4, -0.2) is 39.4 Å². The third kappa shape index (κ3) is 3.36. The normalized spacial score (nSPS) is 18.4. The summed E-state index contributed by atoms with van der Waals surface area (Å²) in [7, 11) is -1.58. The van der Waals surface area contributed by atoms with E-state index in [1.165, 1.54) is 4.31 Å². The Labute approximate surface area is 133 Å². The molecular formula is C13H18BrClN2O2S. The van der Waals surface area contributed by atoms with Crippen LogP contribution in [0.2, 0.25) is 5.02 Å². The molecule has 0 bridgehead atoms. The highest BCUT2D eigenvalue weighted by Gasteiger charge is 2.30. The molecule has 0 amide bonds. The summed E-state index contributed by atoms with van der Waals surface area (Å²) in [6, 6.07) is 4.99. The van der Waals surface area contributed by atoms with Crippen molar-refractivity contribution in [2.45, 2.75) is 17.7 Å². The fraction of sp³-hybridized carbons (Fsp3) is 0.538. The van der Waals surface area contributed by atoms with Gasteiger partial charge in [0, 0.05) is 17.6 Å². The van der Waals surface area contributed by atoms with Gasteiger partial charge in [-0.15, -0.1) is 0 Å². The lowest BCUT2D eigenvalue weighted by molar-refractivity contribution is 0.270. The molecule has 0 radical (unpaired) electrons. The second kappa shape index (κ2) is 6.75. The summed E-state index contributed by atoms with van der Waals surface area (Å²) in [6.07, 6.45) is 1.76. The number of halogens is 2. The first kappa shape index (κ1) is 16.2. The Morgan fingerprint density at radius 2 is 2.05 bits per heavy atom. The molecule has 7 heteroatoms. The Bertz CT molecular complexity index is 572. The summed E-state index contributed by atoms with van der Waals surface area (Å²) in [6.45, 7) is 2.04. The molecule has 1 saturated heterocycles. The molecule has 1 aliphatic rings. The minimum absolute atomic E-state index is 0.181. The first-order valence-electron chi connectivity index (χ1n) is 6.55. The van der Waals surface area contributed by atoms with Gasteiger partial charge in [-0.25, -0.2) is 8.42 Å². The van der Waals surface area contributed by atoms with E-state index in [0.717, 1.165) is 19.4 Å². The van der Waals surface area contributed by atoms with E-state index in [1.807, 2.05) is 7.05 Å². The Morgan fingerprint density at radius 1 is 1.40 bits per heavy atom. The van der Waals surface area contributed by atoms with Gasteiger partial charge in [-0.3, -0.25) is 0 Å². The maximum atomic E-state index is 12.6. The molecule has 1 aromatic carbocycles. The quantitative estimate of drug-likeness (QED) is 0.872. The molecule has 1 aliphatic heterocycles. The van der Waals surface area contributed by atoms with Crippen LogP contribution in [0, 0.1) is 5.92 Å². The summed E-state index contributed by atoms with van der Waals surface area (Å²) in [5.41, 5.74) is 0. The molecule has 1 N–H and O–H groups in total. The van der Waals surface area contributed by atoms with E-state index in [2.05, 4.69) is 21.2 Å². The van der Waals surface area contributed by atoms with E-state index in [9.17, 15) is 8.42 Å². The predicted molar refractivity (Wildman–Crippen MR) is 84.6 cm³/mol.